The van der Waals surface area contributed by atoms with Crippen molar-refractivity contribution in [3.63, 3.8) is 0 Å². The summed E-state index contributed by atoms with van der Waals surface area (Å²) in [5, 5.41) is 8.18. The Labute approximate surface area is 180 Å². The third kappa shape index (κ3) is 4.71. The van der Waals surface area contributed by atoms with Crippen molar-refractivity contribution in [3.05, 3.63) is 41.2 Å². The molecule has 1 N–H and O–H groups in total. The first-order valence-electron chi connectivity index (χ1n) is 11.1. The monoisotopic (exact) mass is 412 g/mol. The summed E-state index contributed by atoms with van der Waals surface area (Å²) >= 11 is 0. The molecule has 0 amide bonds. The van der Waals surface area contributed by atoms with Gasteiger partial charge in [-0.3, -0.25) is 4.68 Å². The number of para-hydroxylation sites is 2. The Kier molecular flexibility index (Phi) is 7.60. The lowest BCUT2D eigenvalue weighted by Crippen LogP contribution is -2.52. The number of aryl methyl sites for hydroxylation is 2. The van der Waals surface area contributed by atoms with Crippen molar-refractivity contribution in [2.45, 2.75) is 40.2 Å². The number of nitrogens with one attached hydrogen (secondary N) is 1. The minimum atomic E-state index is 0.676. The molecule has 1 aliphatic rings. The Bertz CT molecular complexity index is 851. The van der Waals surface area contributed by atoms with E-state index in [1.54, 1.807) is 7.11 Å². The van der Waals surface area contributed by atoms with E-state index in [9.17, 15) is 0 Å². The second kappa shape index (κ2) is 10.4. The number of piperazine rings is 1. The molecule has 30 heavy (non-hydrogen) atoms. The van der Waals surface area contributed by atoms with Crippen molar-refractivity contribution in [2.75, 3.05) is 44.7 Å². The molecule has 1 fully saturated rings. The van der Waals surface area contributed by atoms with Gasteiger partial charge in [0.2, 0.25) is 0 Å². The third-order valence-electron chi connectivity index (χ3n) is 5.75. The van der Waals surface area contributed by atoms with E-state index in [0.29, 0.717) is 6.54 Å². The first-order valence-corrected chi connectivity index (χ1v) is 11.1. The van der Waals surface area contributed by atoms with Crippen molar-refractivity contribution < 1.29 is 4.74 Å². The lowest BCUT2D eigenvalue weighted by molar-refractivity contribution is 0.367. The van der Waals surface area contributed by atoms with Crippen molar-refractivity contribution in [1.29, 1.82) is 0 Å². The van der Waals surface area contributed by atoms with Crippen molar-refractivity contribution in [2.24, 2.45) is 12.0 Å². The Balaban J connectivity index is 1.72. The maximum atomic E-state index is 5.55. The van der Waals surface area contributed by atoms with E-state index in [-0.39, 0.29) is 0 Å². The summed E-state index contributed by atoms with van der Waals surface area (Å²) in [6.07, 6.45) is 1.91. The Morgan fingerprint density at radius 1 is 1.10 bits per heavy atom. The predicted molar refractivity (Wildman–Crippen MR) is 124 cm³/mol. The van der Waals surface area contributed by atoms with Crippen LogP contribution in [0.4, 0.5) is 5.69 Å². The van der Waals surface area contributed by atoms with Crippen molar-refractivity contribution in [1.82, 2.24) is 20.0 Å². The molecular weight excluding hydrogens is 376 g/mol. The highest BCUT2D eigenvalue weighted by molar-refractivity contribution is 5.80. The normalized spacial score (nSPS) is 14.9. The second-order valence-electron chi connectivity index (χ2n) is 7.52. The van der Waals surface area contributed by atoms with Crippen LogP contribution in [0.2, 0.25) is 0 Å². The summed E-state index contributed by atoms with van der Waals surface area (Å²) in [5.74, 6) is 1.92. The van der Waals surface area contributed by atoms with Gasteiger partial charge in [-0.25, -0.2) is 4.99 Å². The number of guanidine groups is 1. The van der Waals surface area contributed by atoms with Gasteiger partial charge in [-0.15, -0.1) is 0 Å². The van der Waals surface area contributed by atoms with Crippen LogP contribution in [0.1, 0.15) is 37.7 Å². The van der Waals surface area contributed by atoms with Gasteiger partial charge in [-0.2, -0.15) is 5.10 Å². The molecule has 164 valence electrons. The van der Waals surface area contributed by atoms with Gasteiger partial charge in [0.05, 0.1) is 25.0 Å². The van der Waals surface area contributed by atoms with Crippen LogP contribution in [-0.2, 0) is 26.4 Å². The van der Waals surface area contributed by atoms with E-state index in [2.05, 4.69) is 48.0 Å². The average Bonchev–Trinajstić information content (AvgIpc) is 3.11. The van der Waals surface area contributed by atoms with Crippen LogP contribution in [0.5, 0.6) is 5.75 Å². The van der Waals surface area contributed by atoms with E-state index in [0.717, 1.165) is 68.7 Å². The molecule has 0 atom stereocenters. The minimum absolute atomic E-state index is 0.676. The summed E-state index contributed by atoms with van der Waals surface area (Å²) in [7, 11) is 3.77. The molecule has 0 bridgehead atoms. The highest BCUT2D eigenvalue weighted by atomic mass is 16.5. The van der Waals surface area contributed by atoms with Crippen molar-refractivity contribution in [3.8, 4) is 5.75 Å². The predicted octanol–water partition coefficient (Wildman–Crippen LogP) is 2.84. The van der Waals surface area contributed by atoms with E-state index in [1.165, 1.54) is 11.3 Å². The highest BCUT2D eigenvalue weighted by Gasteiger charge is 2.22. The SMILES string of the molecule is CCNC(=NCc1c(CC)nn(C)c1CC)N1CCN(c2ccccc2OC)CC1. The van der Waals surface area contributed by atoms with Crippen LogP contribution in [0, 0.1) is 0 Å². The van der Waals surface area contributed by atoms with Gasteiger partial charge < -0.3 is 19.9 Å². The van der Waals surface area contributed by atoms with Gasteiger partial charge in [0.1, 0.15) is 5.75 Å². The molecule has 3 rings (SSSR count). The van der Waals surface area contributed by atoms with Crippen LogP contribution in [0.25, 0.3) is 0 Å². The number of nitrogens with zero attached hydrogens (tertiary/aromatic N) is 5. The summed E-state index contributed by atoms with van der Waals surface area (Å²) in [6.45, 7) is 11.8. The summed E-state index contributed by atoms with van der Waals surface area (Å²) in [4.78, 5) is 9.76. The fourth-order valence-corrected chi connectivity index (χ4v) is 4.20. The zero-order valence-corrected chi connectivity index (χ0v) is 19.1. The minimum Gasteiger partial charge on any atom is -0.495 e. The van der Waals surface area contributed by atoms with Gasteiger partial charge in [0, 0.05) is 51.0 Å². The average molecular weight is 413 g/mol. The largest absolute Gasteiger partial charge is 0.495 e. The third-order valence-corrected chi connectivity index (χ3v) is 5.75. The molecule has 0 unspecified atom stereocenters. The molecule has 7 nitrogen and oxygen atoms in total. The van der Waals surface area contributed by atoms with Crippen LogP contribution < -0.4 is 15.0 Å². The molecule has 1 saturated heterocycles. The maximum absolute atomic E-state index is 5.55. The fraction of sp³-hybridized carbons (Fsp3) is 0.565. The standard InChI is InChI=1S/C23H36N6O/c1-6-19-18(20(7-2)27(4)26-19)17-25-23(24-8-3)29-15-13-28(14-16-29)21-11-9-10-12-22(21)30-5/h9-12H,6-8,13-17H2,1-5H3,(H,24,25). The Morgan fingerprint density at radius 2 is 1.83 bits per heavy atom. The number of methoxy groups -OCH3 is 1. The fourth-order valence-electron chi connectivity index (χ4n) is 4.20. The number of anilines is 1. The van der Waals surface area contributed by atoms with E-state index >= 15 is 0 Å². The maximum Gasteiger partial charge on any atom is 0.194 e. The number of hydrogen-bond donors (Lipinski definition) is 1. The lowest BCUT2D eigenvalue weighted by atomic mass is 10.1. The van der Waals surface area contributed by atoms with Crippen LogP contribution in [-0.4, -0.2) is 60.5 Å². The molecule has 0 spiro atoms. The second-order valence-corrected chi connectivity index (χ2v) is 7.52. The van der Waals surface area contributed by atoms with Crippen LogP contribution in [0.3, 0.4) is 0 Å². The first-order chi connectivity index (χ1) is 14.6. The summed E-state index contributed by atoms with van der Waals surface area (Å²) < 4.78 is 7.56. The van der Waals surface area contributed by atoms with E-state index in [4.69, 9.17) is 14.8 Å². The summed E-state index contributed by atoms with van der Waals surface area (Å²) in [5.41, 5.74) is 4.89. The highest BCUT2D eigenvalue weighted by Crippen LogP contribution is 2.28. The molecule has 0 radical (unpaired) electrons. The summed E-state index contributed by atoms with van der Waals surface area (Å²) in [6, 6.07) is 8.24. The first kappa shape index (κ1) is 22.0. The number of benzene rings is 1. The zero-order valence-electron chi connectivity index (χ0n) is 19.1. The molecule has 1 aliphatic heterocycles. The molecule has 7 heteroatoms. The van der Waals surface area contributed by atoms with Gasteiger partial charge in [-0.05, 0) is 31.9 Å². The smallest absolute Gasteiger partial charge is 0.194 e. The quantitative estimate of drug-likeness (QED) is 0.560. The number of hydrogen-bond acceptors (Lipinski definition) is 4. The van der Waals surface area contributed by atoms with Gasteiger partial charge in [-0.1, -0.05) is 26.0 Å². The number of aliphatic imine (C=N–C) groups is 1. The molecular formula is C23H36N6O. The molecule has 2 heterocycles. The number of rotatable bonds is 7. The van der Waals surface area contributed by atoms with E-state index < -0.39 is 0 Å². The number of ether oxygens (including phenoxy) is 1. The zero-order chi connectivity index (χ0) is 21.5. The Morgan fingerprint density at radius 3 is 2.47 bits per heavy atom. The van der Waals surface area contributed by atoms with Crippen LogP contribution in [0.15, 0.2) is 29.3 Å². The molecule has 0 saturated carbocycles. The Hall–Kier alpha value is -2.70. The molecule has 2 aromatic rings. The topological polar surface area (TPSA) is 57.9 Å². The van der Waals surface area contributed by atoms with Gasteiger partial charge in [0.25, 0.3) is 0 Å². The van der Waals surface area contributed by atoms with Gasteiger partial charge in [0.15, 0.2) is 5.96 Å². The number of aromatic nitrogens is 2. The van der Waals surface area contributed by atoms with Crippen molar-refractivity contribution >= 4 is 11.6 Å². The van der Waals surface area contributed by atoms with Gasteiger partial charge >= 0.3 is 0 Å². The lowest BCUT2D eigenvalue weighted by Gasteiger charge is -2.38. The van der Waals surface area contributed by atoms with E-state index in [1.807, 2.05) is 23.9 Å². The molecule has 1 aromatic heterocycles. The molecule has 0 aliphatic carbocycles. The van der Waals surface area contributed by atoms with Crippen LogP contribution >= 0.6 is 0 Å². The molecule has 1 aromatic carbocycles.